The Morgan fingerprint density at radius 1 is 1.64 bits per heavy atom. The number of rotatable bonds is 2. The first-order valence-corrected chi connectivity index (χ1v) is 4.08. The van der Waals surface area contributed by atoms with E-state index in [-0.39, 0.29) is 6.04 Å². The minimum Gasteiger partial charge on any atom is -0.379 e. The molecule has 1 aliphatic rings. The maximum Gasteiger partial charge on any atom is 0.107 e. The molecule has 1 unspecified atom stereocenters. The van der Waals surface area contributed by atoms with Crippen molar-refractivity contribution in [1.82, 2.24) is 5.32 Å². The molecule has 0 spiro atoms. The highest BCUT2D eigenvalue weighted by atomic mass is 19.1. The van der Waals surface area contributed by atoms with E-state index in [2.05, 4.69) is 5.32 Å². The Morgan fingerprint density at radius 2 is 2.36 bits per heavy atom. The van der Waals surface area contributed by atoms with Crippen LogP contribution in [0.2, 0.25) is 0 Å². The Kier molecular flexibility index (Phi) is 2.84. The molecule has 0 aromatic carbocycles. The molecule has 0 amide bonds. The van der Waals surface area contributed by atoms with E-state index in [1.807, 2.05) is 0 Å². The van der Waals surface area contributed by atoms with Gasteiger partial charge >= 0.3 is 0 Å². The van der Waals surface area contributed by atoms with E-state index < -0.39 is 5.67 Å². The van der Waals surface area contributed by atoms with Crippen LogP contribution >= 0.6 is 0 Å². The number of hydrogen-bond donors (Lipinski definition) is 1. The van der Waals surface area contributed by atoms with Gasteiger partial charge in [0.05, 0.1) is 13.2 Å². The van der Waals surface area contributed by atoms with Gasteiger partial charge in [-0.25, -0.2) is 4.39 Å². The predicted octanol–water partition coefficient (Wildman–Crippen LogP) is 1.11. The molecule has 2 nitrogen and oxygen atoms in total. The Balaban J connectivity index is 2.24. The van der Waals surface area contributed by atoms with Gasteiger partial charge in [-0.3, -0.25) is 0 Å². The Labute approximate surface area is 67.1 Å². The third-order valence-corrected chi connectivity index (χ3v) is 1.73. The van der Waals surface area contributed by atoms with Gasteiger partial charge < -0.3 is 10.1 Å². The number of halogens is 1. The lowest BCUT2D eigenvalue weighted by Gasteiger charge is -2.27. The van der Waals surface area contributed by atoms with Crippen LogP contribution in [0.25, 0.3) is 0 Å². The normalized spacial score (nSPS) is 27.0. The van der Waals surface area contributed by atoms with Gasteiger partial charge in [0.25, 0.3) is 0 Å². The molecule has 66 valence electrons. The number of ether oxygens (including phenoxy) is 1. The van der Waals surface area contributed by atoms with E-state index in [9.17, 15) is 4.39 Å². The summed E-state index contributed by atoms with van der Waals surface area (Å²) in [4.78, 5) is 0. The topological polar surface area (TPSA) is 21.3 Å². The smallest absolute Gasteiger partial charge is 0.107 e. The van der Waals surface area contributed by atoms with Gasteiger partial charge in [-0.15, -0.1) is 0 Å². The third kappa shape index (κ3) is 3.68. The van der Waals surface area contributed by atoms with E-state index in [4.69, 9.17) is 4.74 Å². The van der Waals surface area contributed by atoms with Crippen molar-refractivity contribution in [1.29, 1.82) is 0 Å². The second-order valence-corrected chi connectivity index (χ2v) is 3.65. The van der Waals surface area contributed by atoms with E-state index in [1.165, 1.54) is 0 Å². The zero-order chi connectivity index (χ0) is 8.32. The number of hydrogen-bond acceptors (Lipinski definition) is 2. The van der Waals surface area contributed by atoms with Crippen LogP contribution in [-0.4, -0.2) is 31.5 Å². The number of alkyl halides is 1. The fraction of sp³-hybridized carbons (Fsp3) is 1.00. The molecule has 0 saturated carbocycles. The molecular weight excluding hydrogens is 145 g/mol. The zero-order valence-corrected chi connectivity index (χ0v) is 7.19. The summed E-state index contributed by atoms with van der Waals surface area (Å²) in [5.41, 5.74) is -1.08. The molecule has 1 heterocycles. The Bertz CT molecular complexity index is 116. The third-order valence-electron chi connectivity index (χ3n) is 1.73. The molecule has 0 aromatic rings. The van der Waals surface area contributed by atoms with Crippen molar-refractivity contribution in [3.63, 3.8) is 0 Å². The van der Waals surface area contributed by atoms with Crippen LogP contribution in [0, 0.1) is 0 Å². The molecular formula is C8H16FNO. The molecule has 1 saturated heterocycles. The fourth-order valence-corrected chi connectivity index (χ4v) is 1.34. The van der Waals surface area contributed by atoms with Crippen LogP contribution in [0.4, 0.5) is 4.39 Å². The zero-order valence-electron chi connectivity index (χ0n) is 7.19. The fourth-order valence-electron chi connectivity index (χ4n) is 1.34. The van der Waals surface area contributed by atoms with Gasteiger partial charge in [0.1, 0.15) is 5.67 Å². The van der Waals surface area contributed by atoms with E-state index >= 15 is 0 Å². The van der Waals surface area contributed by atoms with Crippen molar-refractivity contribution in [3.05, 3.63) is 0 Å². The molecule has 1 atom stereocenters. The van der Waals surface area contributed by atoms with Crippen LogP contribution < -0.4 is 5.32 Å². The average Bonchev–Trinajstić information content (AvgIpc) is 1.85. The SMILES string of the molecule is CC(C)(F)CC1COCCN1. The summed E-state index contributed by atoms with van der Waals surface area (Å²) >= 11 is 0. The molecule has 1 aliphatic heterocycles. The maximum absolute atomic E-state index is 13.1. The summed E-state index contributed by atoms with van der Waals surface area (Å²) in [6, 6.07) is 0.198. The highest BCUT2D eigenvalue weighted by molar-refractivity contribution is 4.78. The summed E-state index contributed by atoms with van der Waals surface area (Å²) in [5, 5.41) is 3.21. The highest BCUT2D eigenvalue weighted by Gasteiger charge is 2.23. The van der Waals surface area contributed by atoms with Crippen LogP contribution in [0.5, 0.6) is 0 Å². The standard InChI is InChI=1S/C8H16FNO/c1-8(2,9)5-7-6-11-4-3-10-7/h7,10H,3-6H2,1-2H3. The first-order valence-electron chi connectivity index (χ1n) is 4.08. The van der Waals surface area contributed by atoms with Gasteiger partial charge in [-0.05, 0) is 20.3 Å². The molecule has 1 fully saturated rings. The molecule has 3 heteroatoms. The van der Waals surface area contributed by atoms with Crippen molar-refractivity contribution < 1.29 is 9.13 Å². The lowest BCUT2D eigenvalue weighted by Crippen LogP contribution is -2.44. The van der Waals surface area contributed by atoms with Gasteiger partial charge in [0.2, 0.25) is 0 Å². The van der Waals surface area contributed by atoms with Crippen molar-refractivity contribution >= 4 is 0 Å². The largest absolute Gasteiger partial charge is 0.379 e. The second-order valence-electron chi connectivity index (χ2n) is 3.65. The van der Waals surface area contributed by atoms with Gasteiger partial charge in [-0.2, -0.15) is 0 Å². The second kappa shape index (κ2) is 3.50. The van der Waals surface area contributed by atoms with E-state index in [1.54, 1.807) is 13.8 Å². The van der Waals surface area contributed by atoms with Crippen molar-refractivity contribution in [2.45, 2.75) is 32.0 Å². The van der Waals surface area contributed by atoms with Crippen LogP contribution in [-0.2, 0) is 4.74 Å². The molecule has 1 N–H and O–H groups in total. The Hall–Kier alpha value is -0.150. The Morgan fingerprint density at radius 3 is 2.82 bits per heavy atom. The minimum atomic E-state index is -1.08. The number of morpholine rings is 1. The first-order chi connectivity index (χ1) is 5.08. The molecule has 0 aliphatic carbocycles. The van der Waals surface area contributed by atoms with Crippen LogP contribution in [0.3, 0.4) is 0 Å². The number of nitrogens with one attached hydrogen (secondary N) is 1. The lowest BCUT2D eigenvalue weighted by atomic mass is 10.0. The predicted molar refractivity (Wildman–Crippen MR) is 42.4 cm³/mol. The van der Waals surface area contributed by atoms with Crippen LogP contribution in [0.1, 0.15) is 20.3 Å². The maximum atomic E-state index is 13.1. The quantitative estimate of drug-likeness (QED) is 0.655. The summed E-state index contributed by atoms with van der Waals surface area (Å²) in [7, 11) is 0. The monoisotopic (exact) mass is 161 g/mol. The van der Waals surface area contributed by atoms with Crippen molar-refractivity contribution in [3.8, 4) is 0 Å². The van der Waals surface area contributed by atoms with Crippen molar-refractivity contribution in [2.75, 3.05) is 19.8 Å². The summed E-state index contributed by atoms with van der Waals surface area (Å²) in [6.07, 6.45) is 0.535. The average molecular weight is 161 g/mol. The molecule has 0 aromatic heterocycles. The summed E-state index contributed by atoms with van der Waals surface area (Å²) < 4.78 is 18.3. The van der Waals surface area contributed by atoms with Gasteiger partial charge in [-0.1, -0.05) is 0 Å². The van der Waals surface area contributed by atoms with Crippen molar-refractivity contribution in [2.24, 2.45) is 0 Å². The summed E-state index contributed by atoms with van der Waals surface area (Å²) in [6.45, 7) is 5.45. The van der Waals surface area contributed by atoms with Gasteiger partial charge in [0.15, 0.2) is 0 Å². The molecule has 11 heavy (non-hydrogen) atoms. The van der Waals surface area contributed by atoms with E-state index in [0.717, 1.165) is 13.2 Å². The molecule has 1 rings (SSSR count). The van der Waals surface area contributed by atoms with Crippen LogP contribution in [0.15, 0.2) is 0 Å². The molecule has 0 bridgehead atoms. The molecule has 0 radical (unpaired) electrons. The highest BCUT2D eigenvalue weighted by Crippen LogP contribution is 2.17. The summed E-state index contributed by atoms with van der Waals surface area (Å²) in [5.74, 6) is 0. The first kappa shape index (κ1) is 8.94. The lowest BCUT2D eigenvalue weighted by molar-refractivity contribution is 0.0527. The van der Waals surface area contributed by atoms with Gasteiger partial charge in [0, 0.05) is 12.6 Å². The minimum absolute atomic E-state index is 0.198. The van der Waals surface area contributed by atoms with E-state index in [0.29, 0.717) is 13.0 Å².